The van der Waals surface area contributed by atoms with Gasteiger partial charge in [0.05, 0.1) is 6.42 Å². The molecule has 0 aromatic heterocycles. The highest BCUT2D eigenvalue weighted by atomic mass is 16.4. The van der Waals surface area contributed by atoms with Gasteiger partial charge in [-0.1, -0.05) is 6.07 Å². The lowest BCUT2D eigenvalue weighted by Crippen LogP contribution is -2.24. The van der Waals surface area contributed by atoms with Crippen molar-refractivity contribution in [3.8, 4) is 0 Å². The second-order valence-electron chi connectivity index (χ2n) is 5.44. The summed E-state index contributed by atoms with van der Waals surface area (Å²) in [6, 6.07) is 2.24. The van der Waals surface area contributed by atoms with Crippen molar-refractivity contribution >= 4 is 5.97 Å². The minimum atomic E-state index is -0.731. The predicted octanol–water partition coefficient (Wildman–Crippen LogP) is 2.87. The minimum Gasteiger partial charge on any atom is -0.481 e. The van der Waals surface area contributed by atoms with E-state index in [1.54, 1.807) is 0 Å². The van der Waals surface area contributed by atoms with Gasteiger partial charge in [0.25, 0.3) is 0 Å². The summed E-state index contributed by atoms with van der Waals surface area (Å²) in [6.45, 7) is 10.2. The maximum Gasteiger partial charge on any atom is 0.304 e. The van der Waals surface area contributed by atoms with Gasteiger partial charge in [-0.2, -0.15) is 0 Å². The van der Waals surface area contributed by atoms with Crippen molar-refractivity contribution < 1.29 is 9.90 Å². The van der Waals surface area contributed by atoms with Crippen LogP contribution in [0.2, 0.25) is 0 Å². The van der Waals surface area contributed by atoms with E-state index in [0.29, 0.717) is 6.54 Å². The summed E-state index contributed by atoms with van der Waals surface area (Å²) in [5.74, 6) is -0.731. The third-order valence-corrected chi connectivity index (χ3v) is 3.97. The number of rotatable bonds is 6. The van der Waals surface area contributed by atoms with Gasteiger partial charge in [0.1, 0.15) is 0 Å². The Bertz CT molecular complexity index is 440. The van der Waals surface area contributed by atoms with Gasteiger partial charge in [0.15, 0.2) is 0 Å². The molecule has 1 aromatic rings. The Morgan fingerprint density at radius 1 is 1.11 bits per heavy atom. The first-order chi connectivity index (χ1) is 8.82. The molecule has 0 aliphatic heterocycles. The molecular formula is C16H25NO2. The fraction of sp³-hybridized carbons (Fsp3) is 0.562. The van der Waals surface area contributed by atoms with Crippen LogP contribution in [0.3, 0.4) is 0 Å². The van der Waals surface area contributed by atoms with Crippen LogP contribution in [0.15, 0.2) is 6.07 Å². The van der Waals surface area contributed by atoms with Crippen LogP contribution >= 0.6 is 0 Å². The quantitative estimate of drug-likeness (QED) is 0.858. The summed E-state index contributed by atoms with van der Waals surface area (Å²) in [5.41, 5.74) is 6.83. The number of carbonyl (C=O) groups is 1. The van der Waals surface area contributed by atoms with Gasteiger partial charge in [0.2, 0.25) is 0 Å². The molecule has 0 aliphatic rings. The molecule has 3 heteroatoms. The molecule has 106 valence electrons. The number of hydrogen-bond donors (Lipinski definition) is 1. The fourth-order valence-corrected chi connectivity index (χ4v) is 2.37. The fourth-order valence-electron chi connectivity index (χ4n) is 2.37. The van der Waals surface area contributed by atoms with E-state index < -0.39 is 5.97 Å². The molecule has 0 amide bonds. The number of nitrogens with zero attached hydrogens (tertiary/aromatic N) is 1. The van der Waals surface area contributed by atoms with Gasteiger partial charge in [-0.25, -0.2) is 0 Å². The van der Waals surface area contributed by atoms with E-state index in [4.69, 9.17) is 5.11 Å². The number of benzene rings is 1. The Morgan fingerprint density at radius 3 is 2.11 bits per heavy atom. The maximum absolute atomic E-state index is 10.5. The maximum atomic E-state index is 10.5. The lowest BCUT2D eigenvalue weighted by Gasteiger charge is -2.19. The predicted molar refractivity (Wildman–Crippen MR) is 78.8 cm³/mol. The Labute approximate surface area is 116 Å². The van der Waals surface area contributed by atoms with Crippen molar-refractivity contribution in [1.29, 1.82) is 0 Å². The highest BCUT2D eigenvalue weighted by molar-refractivity contribution is 5.66. The number of carboxylic acids is 1. The number of likely N-dealkylation sites (N-methyl/N-ethyl adjacent to an activating group) is 1. The van der Waals surface area contributed by atoms with Gasteiger partial charge >= 0.3 is 5.97 Å². The summed E-state index contributed by atoms with van der Waals surface area (Å²) in [5, 5.41) is 8.68. The largest absolute Gasteiger partial charge is 0.481 e. The normalized spacial score (nSPS) is 11.1. The zero-order valence-corrected chi connectivity index (χ0v) is 12.7. The first-order valence-corrected chi connectivity index (χ1v) is 6.79. The van der Waals surface area contributed by atoms with Crippen LogP contribution in [0.1, 0.15) is 34.2 Å². The Kier molecular flexibility index (Phi) is 5.55. The molecule has 0 unspecified atom stereocenters. The van der Waals surface area contributed by atoms with Crippen molar-refractivity contribution in [2.45, 2.75) is 40.5 Å². The third-order valence-electron chi connectivity index (χ3n) is 3.97. The van der Waals surface area contributed by atoms with E-state index in [-0.39, 0.29) is 6.42 Å². The van der Waals surface area contributed by atoms with Crippen LogP contribution in [0.25, 0.3) is 0 Å². The summed E-state index contributed by atoms with van der Waals surface area (Å²) < 4.78 is 0. The SMILES string of the molecule is Cc1cc(C)c(C)c(CCN(C)CCC(=O)O)c1C. The summed E-state index contributed by atoms with van der Waals surface area (Å²) >= 11 is 0. The number of hydrogen-bond acceptors (Lipinski definition) is 2. The molecule has 0 bridgehead atoms. The summed E-state index contributed by atoms with van der Waals surface area (Å²) in [4.78, 5) is 12.6. The first kappa shape index (κ1) is 15.7. The monoisotopic (exact) mass is 263 g/mol. The molecule has 3 nitrogen and oxygen atoms in total. The van der Waals surface area contributed by atoms with Crippen LogP contribution < -0.4 is 0 Å². The van der Waals surface area contributed by atoms with Crippen LogP contribution in [-0.2, 0) is 11.2 Å². The molecule has 0 atom stereocenters. The molecular weight excluding hydrogens is 238 g/mol. The van der Waals surface area contributed by atoms with Crippen molar-refractivity contribution in [2.24, 2.45) is 0 Å². The zero-order chi connectivity index (χ0) is 14.6. The molecule has 1 rings (SSSR count). The van der Waals surface area contributed by atoms with E-state index in [2.05, 4.69) is 38.7 Å². The van der Waals surface area contributed by atoms with Crippen LogP contribution in [0.5, 0.6) is 0 Å². The van der Waals surface area contributed by atoms with E-state index in [0.717, 1.165) is 13.0 Å². The van der Waals surface area contributed by atoms with Crippen molar-refractivity contribution in [3.05, 3.63) is 33.9 Å². The number of carboxylic acid groups (broad SMARTS) is 1. The molecule has 1 N–H and O–H groups in total. The topological polar surface area (TPSA) is 40.5 Å². The molecule has 0 saturated heterocycles. The van der Waals surface area contributed by atoms with E-state index >= 15 is 0 Å². The van der Waals surface area contributed by atoms with Gasteiger partial charge in [-0.05, 0) is 69.0 Å². The molecule has 0 aliphatic carbocycles. The van der Waals surface area contributed by atoms with Crippen molar-refractivity contribution in [1.82, 2.24) is 4.90 Å². The minimum absolute atomic E-state index is 0.210. The smallest absolute Gasteiger partial charge is 0.304 e. The third kappa shape index (κ3) is 4.35. The average molecular weight is 263 g/mol. The lowest BCUT2D eigenvalue weighted by molar-refractivity contribution is -0.137. The molecule has 0 radical (unpaired) electrons. The second-order valence-corrected chi connectivity index (χ2v) is 5.44. The van der Waals surface area contributed by atoms with Crippen molar-refractivity contribution in [2.75, 3.05) is 20.1 Å². The molecule has 0 heterocycles. The standard InChI is InChI=1S/C16H25NO2/c1-11-10-12(2)14(4)15(13(11)3)6-8-17(5)9-7-16(18)19/h10H,6-9H2,1-5H3,(H,18,19). The van der Waals surface area contributed by atoms with E-state index in [1.165, 1.54) is 27.8 Å². The van der Waals surface area contributed by atoms with E-state index in [1.807, 2.05) is 7.05 Å². The molecule has 1 aromatic carbocycles. The summed E-state index contributed by atoms with van der Waals surface area (Å²) in [6.07, 6.45) is 1.19. The van der Waals surface area contributed by atoms with Gasteiger partial charge in [0, 0.05) is 13.1 Å². The Morgan fingerprint density at radius 2 is 1.63 bits per heavy atom. The number of aryl methyl sites for hydroxylation is 2. The average Bonchev–Trinajstić information content (AvgIpc) is 2.34. The zero-order valence-electron chi connectivity index (χ0n) is 12.7. The lowest BCUT2D eigenvalue weighted by atomic mass is 9.92. The number of aliphatic carboxylic acids is 1. The van der Waals surface area contributed by atoms with E-state index in [9.17, 15) is 4.79 Å². The van der Waals surface area contributed by atoms with Gasteiger partial charge in [-0.15, -0.1) is 0 Å². The molecule has 0 fully saturated rings. The van der Waals surface area contributed by atoms with Gasteiger partial charge in [-0.3, -0.25) is 4.79 Å². The van der Waals surface area contributed by atoms with Crippen LogP contribution in [-0.4, -0.2) is 36.1 Å². The van der Waals surface area contributed by atoms with Gasteiger partial charge < -0.3 is 10.0 Å². The Balaban J connectivity index is 2.70. The first-order valence-electron chi connectivity index (χ1n) is 6.79. The van der Waals surface area contributed by atoms with Crippen LogP contribution in [0, 0.1) is 27.7 Å². The second kappa shape index (κ2) is 6.71. The van der Waals surface area contributed by atoms with Crippen molar-refractivity contribution in [3.63, 3.8) is 0 Å². The summed E-state index contributed by atoms with van der Waals surface area (Å²) in [7, 11) is 1.98. The Hall–Kier alpha value is -1.35. The molecule has 0 spiro atoms. The molecule has 19 heavy (non-hydrogen) atoms. The highest BCUT2D eigenvalue weighted by Crippen LogP contribution is 2.22. The highest BCUT2D eigenvalue weighted by Gasteiger charge is 2.10. The van der Waals surface area contributed by atoms with Crippen LogP contribution in [0.4, 0.5) is 0 Å². The molecule has 0 saturated carbocycles.